The number of nitrogens with one attached hydrogen (secondary N) is 1. The smallest absolute Gasteiger partial charge is 0.235 e. The van der Waals surface area contributed by atoms with E-state index in [1.54, 1.807) is 24.3 Å². The van der Waals surface area contributed by atoms with E-state index in [0.29, 0.717) is 18.5 Å². The van der Waals surface area contributed by atoms with Crippen molar-refractivity contribution in [2.75, 3.05) is 12.8 Å². The van der Waals surface area contributed by atoms with Crippen molar-refractivity contribution in [3.63, 3.8) is 0 Å². The molecule has 0 unspecified atom stereocenters. The first-order valence-corrected chi connectivity index (χ1v) is 8.63. The van der Waals surface area contributed by atoms with Crippen LogP contribution in [0.1, 0.15) is 21.7 Å². The van der Waals surface area contributed by atoms with Gasteiger partial charge in [-0.05, 0) is 12.0 Å². The van der Waals surface area contributed by atoms with Crippen LogP contribution in [-0.4, -0.2) is 41.8 Å². The van der Waals surface area contributed by atoms with Crippen molar-refractivity contribution < 1.29 is 13.2 Å². The van der Waals surface area contributed by atoms with Crippen molar-refractivity contribution >= 4 is 15.8 Å². The second-order valence-electron chi connectivity index (χ2n) is 4.93. The third-order valence-electron chi connectivity index (χ3n) is 3.08. The van der Waals surface area contributed by atoms with Crippen molar-refractivity contribution in [1.29, 1.82) is 5.26 Å². The van der Waals surface area contributed by atoms with Gasteiger partial charge in [-0.25, -0.2) is 13.1 Å². The summed E-state index contributed by atoms with van der Waals surface area (Å²) in [6.45, 7) is 0.295. The van der Waals surface area contributed by atoms with Crippen LogP contribution in [-0.2, 0) is 23.0 Å². The number of hydrogen-bond acceptors (Lipinski definition) is 6. The summed E-state index contributed by atoms with van der Waals surface area (Å²) in [5, 5.41) is 16.0. The van der Waals surface area contributed by atoms with Crippen LogP contribution in [0.25, 0.3) is 0 Å². The Morgan fingerprint density at radius 3 is 2.65 bits per heavy atom. The second kappa shape index (κ2) is 7.13. The van der Waals surface area contributed by atoms with E-state index in [4.69, 9.17) is 5.26 Å². The van der Waals surface area contributed by atoms with Gasteiger partial charge in [-0.1, -0.05) is 24.3 Å². The normalized spacial score (nSPS) is 11.1. The summed E-state index contributed by atoms with van der Waals surface area (Å²) in [7, 11) is -3.20. The van der Waals surface area contributed by atoms with Crippen LogP contribution in [0.4, 0.5) is 0 Å². The molecule has 1 aromatic heterocycles. The molecule has 2 aromatic rings. The lowest BCUT2D eigenvalue weighted by atomic mass is 10.1. The molecule has 0 aliphatic carbocycles. The minimum Gasteiger partial charge on any atom is -0.297 e. The van der Waals surface area contributed by atoms with Crippen LogP contribution >= 0.6 is 0 Å². The number of nitriles is 1. The van der Waals surface area contributed by atoms with Gasteiger partial charge in [0.05, 0.1) is 12.8 Å². The quantitative estimate of drug-likeness (QED) is 0.719. The highest BCUT2D eigenvalue weighted by Gasteiger charge is 2.10. The van der Waals surface area contributed by atoms with Gasteiger partial charge in [0.25, 0.3) is 0 Å². The summed E-state index contributed by atoms with van der Waals surface area (Å²) in [6, 6.07) is 8.75. The summed E-state index contributed by atoms with van der Waals surface area (Å²) in [5.74, 6) is -0.0797. The van der Waals surface area contributed by atoms with Gasteiger partial charge in [-0.2, -0.15) is 5.26 Å². The fourth-order valence-electron chi connectivity index (χ4n) is 1.94. The van der Waals surface area contributed by atoms with E-state index >= 15 is 0 Å². The van der Waals surface area contributed by atoms with Crippen LogP contribution in [0, 0.1) is 11.3 Å². The van der Waals surface area contributed by atoms with Gasteiger partial charge >= 0.3 is 0 Å². The Balaban J connectivity index is 1.96. The largest absolute Gasteiger partial charge is 0.297 e. The Morgan fingerprint density at radius 1 is 1.35 bits per heavy atom. The number of sulfonamides is 1. The van der Waals surface area contributed by atoms with Gasteiger partial charge < -0.3 is 0 Å². The lowest BCUT2D eigenvalue weighted by molar-refractivity contribution is 0.0971. The second-order valence-corrected chi connectivity index (χ2v) is 6.76. The molecule has 1 N–H and O–H groups in total. The van der Waals surface area contributed by atoms with Crippen LogP contribution in [0.3, 0.4) is 0 Å². The highest BCUT2D eigenvalue weighted by atomic mass is 32.2. The topological polar surface area (TPSA) is 118 Å². The van der Waals surface area contributed by atoms with E-state index in [0.717, 1.165) is 11.8 Å². The Bertz CT molecular complexity index is 834. The van der Waals surface area contributed by atoms with Crippen molar-refractivity contribution in [1.82, 2.24) is 19.5 Å². The first-order valence-electron chi connectivity index (χ1n) is 6.74. The van der Waals surface area contributed by atoms with Gasteiger partial charge in [0, 0.05) is 12.1 Å². The number of carbonyl (C=O) groups excluding carboxylic acids is 1. The average molecular weight is 333 g/mol. The molecule has 0 radical (unpaired) electrons. The van der Waals surface area contributed by atoms with Crippen molar-refractivity contribution in [2.45, 2.75) is 13.0 Å². The number of rotatable bonds is 7. The van der Waals surface area contributed by atoms with Gasteiger partial charge in [0.2, 0.25) is 15.8 Å². The molecule has 0 saturated heterocycles. The van der Waals surface area contributed by atoms with Crippen LogP contribution in [0.5, 0.6) is 0 Å². The molecule has 1 heterocycles. The molecule has 0 atom stereocenters. The third-order valence-corrected chi connectivity index (χ3v) is 3.81. The summed E-state index contributed by atoms with van der Waals surface area (Å²) in [4.78, 5) is 12.2. The maximum atomic E-state index is 12.2. The predicted octanol–water partition coefficient (Wildman–Crippen LogP) is 0.124. The van der Waals surface area contributed by atoms with E-state index < -0.39 is 10.0 Å². The summed E-state index contributed by atoms with van der Waals surface area (Å²) >= 11 is 0. The molecule has 0 aliphatic rings. The molecular formula is C14H15N5O3S. The molecule has 0 spiro atoms. The molecule has 0 aliphatic heterocycles. The fourth-order valence-corrected chi connectivity index (χ4v) is 2.41. The molecule has 9 heteroatoms. The van der Waals surface area contributed by atoms with Gasteiger partial charge in [0.1, 0.15) is 12.4 Å². The van der Waals surface area contributed by atoms with E-state index in [9.17, 15) is 13.2 Å². The standard InChI is InChI=1S/C14H15N5O3S/c1-23(21,22)17-7-6-11-2-4-12(5-3-11)13(20)9-19-10-16-18-14(19)8-15/h2-5,10,17H,6-7,9H2,1H3. The van der Waals surface area contributed by atoms with E-state index in [1.165, 1.54) is 10.9 Å². The molecule has 0 bridgehead atoms. The molecule has 0 amide bonds. The monoisotopic (exact) mass is 333 g/mol. The Kier molecular flexibility index (Phi) is 5.20. The Hall–Kier alpha value is -2.57. The number of Topliss-reactive ketones (excluding diaryl/α,β-unsaturated/α-hetero) is 1. The number of carbonyl (C=O) groups is 1. The van der Waals surface area contributed by atoms with Crippen molar-refractivity contribution in [3.05, 3.63) is 47.5 Å². The lowest BCUT2D eigenvalue weighted by Crippen LogP contribution is -2.24. The number of ketones is 1. The Labute approximate surface area is 133 Å². The summed E-state index contributed by atoms with van der Waals surface area (Å²) in [5.41, 5.74) is 1.42. The van der Waals surface area contributed by atoms with Crippen molar-refractivity contribution in [3.8, 4) is 6.07 Å². The van der Waals surface area contributed by atoms with Crippen molar-refractivity contribution in [2.24, 2.45) is 0 Å². The molecule has 0 saturated carbocycles. The maximum absolute atomic E-state index is 12.2. The molecule has 8 nitrogen and oxygen atoms in total. The minimum atomic E-state index is -3.20. The van der Waals surface area contributed by atoms with Gasteiger partial charge in [-0.3, -0.25) is 9.36 Å². The van der Waals surface area contributed by atoms with E-state index in [1.807, 2.05) is 6.07 Å². The average Bonchev–Trinajstić information content (AvgIpc) is 2.93. The third kappa shape index (κ3) is 4.98. The van der Waals surface area contributed by atoms with Crippen LogP contribution in [0.2, 0.25) is 0 Å². The molecular weight excluding hydrogens is 318 g/mol. The van der Waals surface area contributed by atoms with Crippen LogP contribution < -0.4 is 4.72 Å². The first kappa shape index (κ1) is 16.8. The van der Waals surface area contributed by atoms with Gasteiger partial charge in [0.15, 0.2) is 5.78 Å². The minimum absolute atomic E-state index is 0.00905. The molecule has 2 rings (SSSR count). The van der Waals surface area contributed by atoms with Crippen LogP contribution in [0.15, 0.2) is 30.6 Å². The zero-order valence-electron chi connectivity index (χ0n) is 12.4. The number of nitrogens with zero attached hydrogens (tertiary/aromatic N) is 4. The molecule has 0 fully saturated rings. The molecule has 120 valence electrons. The molecule has 1 aromatic carbocycles. The maximum Gasteiger partial charge on any atom is 0.235 e. The highest BCUT2D eigenvalue weighted by molar-refractivity contribution is 7.88. The Morgan fingerprint density at radius 2 is 2.04 bits per heavy atom. The fraction of sp³-hybridized carbons (Fsp3) is 0.286. The number of aromatic nitrogens is 3. The van der Waals surface area contributed by atoms with E-state index in [2.05, 4.69) is 14.9 Å². The SMILES string of the molecule is CS(=O)(=O)NCCc1ccc(C(=O)Cn2cnnc2C#N)cc1. The van der Waals surface area contributed by atoms with E-state index in [-0.39, 0.29) is 18.2 Å². The zero-order valence-corrected chi connectivity index (χ0v) is 13.2. The predicted molar refractivity (Wildman–Crippen MR) is 82.1 cm³/mol. The molecule has 23 heavy (non-hydrogen) atoms. The van der Waals surface area contributed by atoms with Gasteiger partial charge in [-0.15, -0.1) is 10.2 Å². The highest BCUT2D eigenvalue weighted by Crippen LogP contribution is 2.08. The summed E-state index contributed by atoms with van der Waals surface area (Å²) < 4.78 is 25.7. The number of benzene rings is 1. The first-order chi connectivity index (χ1) is 10.9. The zero-order chi connectivity index (χ0) is 16.9. The number of hydrogen-bond donors (Lipinski definition) is 1. The summed E-state index contributed by atoms with van der Waals surface area (Å²) in [6.07, 6.45) is 2.97. The lowest BCUT2D eigenvalue weighted by Gasteiger charge is -2.05.